The molecule has 2 aromatic carbocycles. The van der Waals surface area contributed by atoms with Gasteiger partial charge in [-0.2, -0.15) is 0 Å². The molecule has 10 heteroatoms. The average Bonchev–Trinajstić information content (AvgIpc) is 3.38. The van der Waals surface area contributed by atoms with Gasteiger partial charge in [-0.1, -0.05) is 36.4 Å². The zero-order valence-corrected chi connectivity index (χ0v) is 21.3. The standard InChI is InChI=1S/C26H28F4N2O3.BrH/c1-18-31(11-12-32(18)17-19-7-8-22(27)23(28)15-19)13-14-35-24(33)26(34,20-5-3-2-4-6-20)21-9-10-25(29,30)16-21;/h2-8,11-12,15,18,21,34H,9-10,13-14,16-17H2,1H3;1H/p-1/t18?,21-,26+;/m1./s1. The Morgan fingerprint density at radius 3 is 2.44 bits per heavy atom. The number of carbonyl (C=O) groups is 1. The summed E-state index contributed by atoms with van der Waals surface area (Å²) in [7, 11) is 0. The summed E-state index contributed by atoms with van der Waals surface area (Å²) < 4.78 is 59.9. The monoisotopic (exact) mass is 571 g/mol. The summed E-state index contributed by atoms with van der Waals surface area (Å²) in [5.41, 5.74) is -1.32. The molecule has 3 atom stereocenters. The number of halogens is 5. The lowest BCUT2D eigenvalue weighted by molar-refractivity contribution is -0.175. The molecule has 0 saturated heterocycles. The van der Waals surface area contributed by atoms with Crippen molar-refractivity contribution in [1.82, 2.24) is 9.80 Å². The smallest absolute Gasteiger partial charge is 0.343 e. The van der Waals surface area contributed by atoms with E-state index in [0.717, 1.165) is 12.1 Å². The molecular weight excluding hydrogens is 544 g/mol. The molecular formula is C26H28BrF4N2O3-. The van der Waals surface area contributed by atoms with E-state index in [1.807, 2.05) is 16.7 Å². The van der Waals surface area contributed by atoms with Crippen molar-refractivity contribution in [3.05, 3.63) is 83.7 Å². The highest BCUT2D eigenvalue weighted by atomic mass is 79.9. The van der Waals surface area contributed by atoms with Gasteiger partial charge in [0.2, 0.25) is 5.92 Å². The lowest BCUT2D eigenvalue weighted by atomic mass is 9.80. The van der Waals surface area contributed by atoms with Crippen LogP contribution in [0.5, 0.6) is 0 Å². The molecule has 0 spiro atoms. The third-order valence-electron chi connectivity index (χ3n) is 6.86. The van der Waals surface area contributed by atoms with Crippen LogP contribution in [0, 0.1) is 17.6 Å². The van der Waals surface area contributed by atoms with Gasteiger partial charge < -0.3 is 36.6 Å². The Morgan fingerprint density at radius 2 is 1.81 bits per heavy atom. The van der Waals surface area contributed by atoms with Gasteiger partial charge in [0.15, 0.2) is 17.2 Å². The molecule has 0 radical (unpaired) electrons. The minimum atomic E-state index is -2.93. The topological polar surface area (TPSA) is 53.0 Å². The molecule has 1 heterocycles. The van der Waals surface area contributed by atoms with Gasteiger partial charge in [0.1, 0.15) is 6.61 Å². The zero-order chi connectivity index (χ0) is 25.2. The van der Waals surface area contributed by atoms with Gasteiger partial charge in [0.25, 0.3) is 0 Å². The third kappa shape index (κ3) is 5.86. The molecule has 2 aliphatic rings. The van der Waals surface area contributed by atoms with Crippen LogP contribution in [-0.2, 0) is 21.7 Å². The first-order chi connectivity index (χ1) is 16.6. The van der Waals surface area contributed by atoms with Crippen molar-refractivity contribution in [2.75, 3.05) is 13.2 Å². The van der Waals surface area contributed by atoms with Crippen LogP contribution in [0.15, 0.2) is 60.9 Å². The second-order valence-corrected chi connectivity index (χ2v) is 9.15. The summed E-state index contributed by atoms with van der Waals surface area (Å²) in [5.74, 6) is -6.64. The normalized spacial score (nSPS) is 22.3. The number of aliphatic hydroxyl groups is 1. The highest BCUT2D eigenvalue weighted by Gasteiger charge is 2.54. The predicted molar refractivity (Wildman–Crippen MR) is 121 cm³/mol. The van der Waals surface area contributed by atoms with Crippen LogP contribution in [0.3, 0.4) is 0 Å². The summed E-state index contributed by atoms with van der Waals surface area (Å²) in [6.45, 7) is 2.49. The van der Waals surface area contributed by atoms with Crippen LogP contribution in [-0.4, -0.2) is 46.1 Å². The molecule has 1 N–H and O–H groups in total. The molecule has 2 aromatic rings. The van der Waals surface area contributed by atoms with E-state index in [2.05, 4.69) is 0 Å². The van der Waals surface area contributed by atoms with E-state index >= 15 is 0 Å². The Morgan fingerprint density at radius 1 is 1.11 bits per heavy atom. The number of benzene rings is 2. The summed E-state index contributed by atoms with van der Waals surface area (Å²) >= 11 is 0. The molecule has 1 unspecified atom stereocenters. The first kappa shape index (κ1) is 28.0. The van der Waals surface area contributed by atoms with Crippen molar-refractivity contribution >= 4 is 5.97 Å². The fraction of sp³-hybridized carbons (Fsp3) is 0.423. The van der Waals surface area contributed by atoms with Crippen molar-refractivity contribution < 1.29 is 49.2 Å². The molecule has 1 saturated carbocycles. The van der Waals surface area contributed by atoms with E-state index in [-0.39, 0.29) is 48.2 Å². The fourth-order valence-corrected chi connectivity index (χ4v) is 4.78. The molecule has 36 heavy (non-hydrogen) atoms. The molecule has 4 rings (SSSR count). The van der Waals surface area contributed by atoms with Gasteiger partial charge in [-0.25, -0.2) is 22.4 Å². The fourth-order valence-electron chi connectivity index (χ4n) is 4.78. The van der Waals surface area contributed by atoms with Crippen molar-refractivity contribution in [3.63, 3.8) is 0 Å². The van der Waals surface area contributed by atoms with Gasteiger partial charge in [0, 0.05) is 37.7 Å². The van der Waals surface area contributed by atoms with Gasteiger partial charge in [-0.05, 0) is 36.6 Å². The van der Waals surface area contributed by atoms with Crippen LogP contribution in [0.4, 0.5) is 17.6 Å². The van der Waals surface area contributed by atoms with Gasteiger partial charge >= 0.3 is 5.97 Å². The SMILES string of the molecule is CC1N(CCOC(=O)[C@](O)(c2ccccc2)[C@@H]2CCC(F)(F)C2)C=CN1Cc1ccc(F)c(F)c1.[Br-]. The Labute approximate surface area is 218 Å². The third-order valence-corrected chi connectivity index (χ3v) is 6.86. The van der Waals surface area contributed by atoms with E-state index < -0.39 is 41.5 Å². The molecule has 1 aliphatic carbocycles. The molecule has 1 fully saturated rings. The van der Waals surface area contributed by atoms with Crippen LogP contribution in [0.1, 0.15) is 37.3 Å². The van der Waals surface area contributed by atoms with Crippen LogP contribution >= 0.6 is 0 Å². The minimum Gasteiger partial charge on any atom is -1.00 e. The minimum absolute atomic E-state index is 0. The quantitative estimate of drug-likeness (QED) is 0.387. The van der Waals surface area contributed by atoms with Crippen molar-refractivity contribution in [2.24, 2.45) is 5.92 Å². The maximum atomic E-state index is 13.9. The summed E-state index contributed by atoms with van der Waals surface area (Å²) in [6.07, 6.45) is 2.48. The highest BCUT2D eigenvalue weighted by Crippen LogP contribution is 2.47. The molecule has 0 aromatic heterocycles. The molecule has 0 bridgehead atoms. The summed E-state index contributed by atoms with van der Waals surface area (Å²) in [6, 6.07) is 11.8. The molecule has 1 aliphatic heterocycles. The highest BCUT2D eigenvalue weighted by molar-refractivity contribution is 5.81. The van der Waals surface area contributed by atoms with Gasteiger partial charge in [-0.15, -0.1) is 0 Å². The first-order valence-electron chi connectivity index (χ1n) is 11.6. The second-order valence-electron chi connectivity index (χ2n) is 9.15. The number of hydrogen-bond acceptors (Lipinski definition) is 5. The second kappa shape index (κ2) is 11.2. The number of carbonyl (C=O) groups excluding carboxylic acids is 1. The Balaban J connectivity index is 0.00000361. The van der Waals surface area contributed by atoms with E-state index in [0.29, 0.717) is 18.7 Å². The van der Waals surface area contributed by atoms with Crippen LogP contribution < -0.4 is 17.0 Å². The molecule has 0 amide bonds. The van der Waals surface area contributed by atoms with E-state index in [1.54, 1.807) is 42.7 Å². The zero-order valence-electron chi connectivity index (χ0n) is 19.7. The van der Waals surface area contributed by atoms with Crippen LogP contribution in [0.2, 0.25) is 0 Å². The van der Waals surface area contributed by atoms with E-state index in [4.69, 9.17) is 4.74 Å². The molecule has 196 valence electrons. The lowest BCUT2D eigenvalue weighted by Crippen LogP contribution is -3.00. The first-order valence-corrected chi connectivity index (χ1v) is 11.6. The number of alkyl halides is 2. The Bertz CT molecular complexity index is 1090. The number of hydrogen-bond donors (Lipinski definition) is 1. The van der Waals surface area contributed by atoms with Crippen molar-refractivity contribution in [3.8, 4) is 0 Å². The number of esters is 1. The largest absolute Gasteiger partial charge is 1.00 e. The molecule has 5 nitrogen and oxygen atoms in total. The Hall–Kier alpha value is -2.59. The van der Waals surface area contributed by atoms with E-state index in [9.17, 15) is 27.5 Å². The summed E-state index contributed by atoms with van der Waals surface area (Å²) in [4.78, 5) is 16.9. The lowest BCUT2D eigenvalue weighted by Gasteiger charge is -2.33. The average molecular weight is 572 g/mol. The van der Waals surface area contributed by atoms with E-state index in [1.165, 1.54) is 6.07 Å². The Kier molecular flexibility index (Phi) is 8.71. The van der Waals surface area contributed by atoms with Crippen LogP contribution in [0.25, 0.3) is 0 Å². The summed E-state index contributed by atoms with van der Waals surface area (Å²) in [5, 5.41) is 11.4. The van der Waals surface area contributed by atoms with Crippen molar-refractivity contribution in [1.29, 1.82) is 0 Å². The maximum Gasteiger partial charge on any atom is 0.343 e. The number of rotatable bonds is 8. The van der Waals surface area contributed by atoms with Gasteiger partial charge in [0.05, 0.1) is 12.7 Å². The number of nitrogens with zero attached hydrogens (tertiary/aromatic N) is 2. The predicted octanol–water partition coefficient (Wildman–Crippen LogP) is 1.77. The number of ether oxygens (including phenoxy) is 1. The van der Waals surface area contributed by atoms with Crippen molar-refractivity contribution in [2.45, 2.75) is 50.4 Å². The van der Waals surface area contributed by atoms with Gasteiger partial charge in [-0.3, -0.25) is 0 Å². The maximum absolute atomic E-state index is 13.9.